The summed E-state index contributed by atoms with van der Waals surface area (Å²) in [5.74, 6) is 0.210. The number of rotatable bonds is 4. The maximum absolute atomic E-state index is 13.3. The van der Waals surface area contributed by atoms with Crippen LogP contribution in [0.4, 0.5) is 0 Å². The molecule has 0 saturated carbocycles. The lowest BCUT2D eigenvalue weighted by molar-refractivity contribution is -0.138. The topological polar surface area (TPSA) is 40.6 Å². The van der Waals surface area contributed by atoms with E-state index < -0.39 is 0 Å². The van der Waals surface area contributed by atoms with Crippen LogP contribution < -0.4 is 0 Å². The van der Waals surface area contributed by atoms with Gasteiger partial charge in [-0.3, -0.25) is 14.5 Å². The molecule has 144 valence electrons. The van der Waals surface area contributed by atoms with Crippen molar-refractivity contribution in [3.63, 3.8) is 0 Å². The van der Waals surface area contributed by atoms with Gasteiger partial charge in [0.1, 0.15) is 5.70 Å². The number of piperidine rings is 1. The van der Waals surface area contributed by atoms with E-state index in [-0.39, 0.29) is 18.4 Å². The number of halogens is 1. The summed E-state index contributed by atoms with van der Waals surface area (Å²) < 4.78 is 0. The largest absolute Gasteiger partial charge is 0.366 e. The molecule has 0 aliphatic carbocycles. The average molecular weight is 395 g/mol. The zero-order valence-electron chi connectivity index (χ0n) is 15.9. The molecule has 2 aromatic carbocycles. The number of imide groups is 1. The standard InChI is InChI=1S/C23H23ClN2O2/c1-16-11-13-25(14-12-16)21-20(18-7-9-19(24)10-8-18)22(27)26(23(21)28)15-17-5-3-2-4-6-17/h2-10,16H,11-15H2,1H3. The van der Waals surface area contributed by atoms with Crippen LogP contribution in [0.15, 0.2) is 60.3 Å². The Bertz CT molecular complexity index is 913. The minimum Gasteiger partial charge on any atom is -0.366 e. The van der Waals surface area contributed by atoms with Gasteiger partial charge in [0.05, 0.1) is 12.1 Å². The lowest BCUT2D eigenvalue weighted by Gasteiger charge is -2.32. The third-order valence-corrected chi connectivity index (χ3v) is 5.81. The predicted molar refractivity (Wildman–Crippen MR) is 110 cm³/mol. The van der Waals surface area contributed by atoms with Crippen molar-refractivity contribution in [1.29, 1.82) is 0 Å². The van der Waals surface area contributed by atoms with E-state index in [0.717, 1.165) is 37.1 Å². The highest BCUT2D eigenvalue weighted by molar-refractivity contribution is 6.35. The van der Waals surface area contributed by atoms with Crippen LogP contribution in [0.3, 0.4) is 0 Å². The molecule has 0 aromatic heterocycles. The van der Waals surface area contributed by atoms with E-state index in [0.29, 0.717) is 22.2 Å². The molecule has 4 rings (SSSR count). The second kappa shape index (κ2) is 7.80. The molecule has 2 aliphatic rings. The van der Waals surface area contributed by atoms with Gasteiger partial charge < -0.3 is 4.90 Å². The fraction of sp³-hybridized carbons (Fsp3) is 0.304. The molecule has 0 spiro atoms. The van der Waals surface area contributed by atoms with E-state index in [1.807, 2.05) is 42.5 Å². The van der Waals surface area contributed by atoms with E-state index in [9.17, 15) is 9.59 Å². The average Bonchev–Trinajstić information content (AvgIpc) is 2.95. The number of carbonyl (C=O) groups is 2. The Labute approximate surface area is 170 Å². The summed E-state index contributed by atoms with van der Waals surface area (Å²) in [5, 5.41) is 0.607. The maximum Gasteiger partial charge on any atom is 0.278 e. The van der Waals surface area contributed by atoms with Crippen molar-refractivity contribution in [1.82, 2.24) is 9.80 Å². The minimum atomic E-state index is -0.232. The number of likely N-dealkylation sites (tertiary alicyclic amines) is 1. The highest BCUT2D eigenvalue weighted by Crippen LogP contribution is 2.35. The Kier molecular flexibility index (Phi) is 5.23. The molecule has 5 heteroatoms. The van der Waals surface area contributed by atoms with Crippen molar-refractivity contribution >= 4 is 29.0 Å². The van der Waals surface area contributed by atoms with E-state index in [1.165, 1.54) is 4.90 Å². The summed E-state index contributed by atoms with van der Waals surface area (Å²) >= 11 is 6.03. The molecule has 1 saturated heterocycles. The van der Waals surface area contributed by atoms with Crippen LogP contribution in [0.1, 0.15) is 30.9 Å². The van der Waals surface area contributed by atoms with Crippen LogP contribution in [0, 0.1) is 5.92 Å². The second-order valence-electron chi connectivity index (χ2n) is 7.58. The highest BCUT2D eigenvalue weighted by atomic mass is 35.5. The zero-order chi connectivity index (χ0) is 19.7. The van der Waals surface area contributed by atoms with Crippen molar-refractivity contribution in [3.8, 4) is 0 Å². The summed E-state index contributed by atoms with van der Waals surface area (Å²) in [5.41, 5.74) is 2.71. The molecule has 2 aliphatic heterocycles. The third-order valence-electron chi connectivity index (χ3n) is 5.56. The van der Waals surface area contributed by atoms with Gasteiger partial charge in [-0.2, -0.15) is 0 Å². The molecule has 1 fully saturated rings. The number of benzene rings is 2. The summed E-state index contributed by atoms with van der Waals surface area (Å²) in [6, 6.07) is 16.8. The number of nitrogens with zero attached hydrogens (tertiary/aromatic N) is 2. The molecule has 2 aromatic rings. The Morgan fingerprint density at radius 1 is 0.929 bits per heavy atom. The summed E-state index contributed by atoms with van der Waals surface area (Å²) in [6.07, 6.45) is 2.05. The predicted octanol–water partition coefficient (Wildman–Crippen LogP) is 4.35. The first-order chi connectivity index (χ1) is 13.5. The Hall–Kier alpha value is -2.59. The van der Waals surface area contributed by atoms with Gasteiger partial charge in [0.25, 0.3) is 11.8 Å². The van der Waals surface area contributed by atoms with Crippen LogP contribution in [0.25, 0.3) is 5.57 Å². The van der Waals surface area contributed by atoms with Gasteiger partial charge in [-0.05, 0) is 42.0 Å². The van der Waals surface area contributed by atoms with E-state index in [1.54, 1.807) is 12.1 Å². The van der Waals surface area contributed by atoms with Crippen LogP contribution in [-0.4, -0.2) is 34.7 Å². The van der Waals surface area contributed by atoms with Crippen molar-refractivity contribution in [2.24, 2.45) is 5.92 Å². The first-order valence-electron chi connectivity index (χ1n) is 9.70. The molecule has 28 heavy (non-hydrogen) atoms. The number of amides is 2. The number of hydrogen-bond acceptors (Lipinski definition) is 3. The van der Waals surface area contributed by atoms with Crippen LogP contribution in [0.5, 0.6) is 0 Å². The first-order valence-corrected chi connectivity index (χ1v) is 10.1. The van der Waals surface area contributed by atoms with Crippen LogP contribution in [0.2, 0.25) is 5.02 Å². The molecule has 4 nitrogen and oxygen atoms in total. The van der Waals surface area contributed by atoms with Gasteiger partial charge in [-0.1, -0.05) is 61.0 Å². The normalized spacial score (nSPS) is 18.4. The Morgan fingerprint density at radius 3 is 2.21 bits per heavy atom. The van der Waals surface area contributed by atoms with Gasteiger partial charge >= 0.3 is 0 Å². The number of carbonyl (C=O) groups excluding carboxylic acids is 2. The SMILES string of the molecule is CC1CCN(C2=C(c3ccc(Cl)cc3)C(=O)N(Cc3ccccc3)C2=O)CC1. The van der Waals surface area contributed by atoms with Gasteiger partial charge in [0, 0.05) is 18.1 Å². The Balaban J connectivity index is 1.72. The lowest BCUT2D eigenvalue weighted by atomic mass is 9.97. The van der Waals surface area contributed by atoms with Crippen LogP contribution in [-0.2, 0) is 16.1 Å². The van der Waals surface area contributed by atoms with E-state index in [2.05, 4.69) is 11.8 Å². The molecule has 0 radical (unpaired) electrons. The lowest BCUT2D eigenvalue weighted by Crippen LogP contribution is -2.38. The van der Waals surface area contributed by atoms with Crippen molar-refractivity contribution in [2.75, 3.05) is 13.1 Å². The molecule has 0 atom stereocenters. The summed E-state index contributed by atoms with van der Waals surface area (Å²) in [4.78, 5) is 30.1. The van der Waals surface area contributed by atoms with Crippen molar-refractivity contribution < 1.29 is 9.59 Å². The molecular formula is C23H23ClN2O2. The molecule has 0 N–H and O–H groups in total. The fourth-order valence-electron chi connectivity index (χ4n) is 3.88. The van der Waals surface area contributed by atoms with Gasteiger partial charge in [-0.25, -0.2) is 0 Å². The zero-order valence-corrected chi connectivity index (χ0v) is 16.7. The summed E-state index contributed by atoms with van der Waals surface area (Å²) in [7, 11) is 0. The van der Waals surface area contributed by atoms with Crippen LogP contribution >= 0.6 is 11.6 Å². The third kappa shape index (κ3) is 3.57. The minimum absolute atomic E-state index is 0.201. The van der Waals surface area contributed by atoms with Gasteiger partial charge in [0.2, 0.25) is 0 Å². The first kappa shape index (κ1) is 18.8. The summed E-state index contributed by atoms with van der Waals surface area (Å²) in [6.45, 7) is 4.11. The van der Waals surface area contributed by atoms with E-state index >= 15 is 0 Å². The maximum atomic E-state index is 13.3. The fourth-order valence-corrected chi connectivity index (χ4v) is 4.00. The van der Waals surface area contributed by atoms with Crippen molar-refractivity contribution in [2.45, 2.75) is 26.3 Å². The van der Waals surface area contributed by atoms with Gasteiger partial charge in [0.15, 0.2) is 0 Å². The monoisotopic (exact) mass is 394 g/mol. The quantitative estimate of drug-likeness (QED) is 0.724. The second-order valence-corrected chi connectivity index (χ2v) is 8.02. The smallest absolute Gasteiger partial charge is 0.278 e. The molecule has 0 unspecified atom stereocenters. The number of hydrogen-bond donors (Lipinski definition) is 0. The molecule has 0 bridgehead atoms. The Morgan fingerprint density at radius 2 is 1.57 bits per heavy atom. The van der Waals surface area contributed by atoms with Crippen molar-refractivity contribution in [3.05, 3.63) is 76.4 Å². The molecule has 2 heterocycles. The van der Waals surface area contributed by atoms with E-state index in [4.69, 9.17) is 11.6 Å². The highest BCUT2D eigenvalue weighted by Gasteiger charge is 2.42. The molecular weight excluding hydrogens is 372 g/mol. The van der Waals surface area contributed by atoms with Gasteiger partial charge in [-0.15, -0.1) is 0 Å². The molecule has 2 amide bonds.